The molecular formula is C21H19N5O2. The molecule has 1 aromatic heterocycles. The van der Waals surface area contributed by atoms with Crippen LogP contribution in [0.5, 0.6) is 5.75 Å². The first kappa shape index (κ1) is 17.7. The Balaban J connectivity index is 1.66. The number of carbonyl (C=O) groups is 1. The van der Waals surface area contributed by atoms with Gasteiger partial charge >= 0.3 is 0 Å². The van der Waals surface area contributed by atoms with E-state index in [4.69, 9.17) is 4.74 Å². The number of nitrogens with zero attached hydrogens (tertiary/aromatic N) is 3. The molecule has 0 saturated carbocycles. The lowest BCUT2D eigenvalue weighted by atomic mass is 9.96. The first-order valence-corrected chi connectivity index (χ1v) is 8.90. The van der Waals surface area contributed by atoms with Crippen molar-refractivity contribution in [1.29, 1.82) is 0 Å². The lowest BCUT2D eigenvalue weighted by Crippen LogP contribution is -2.24. The van der Waals surface area contributed by atoms with E-state index in [1.807, 2.05) is 66.7 Å². The van der Waals surface area contributed by atoms with Crippen LogP contribution in [-0.2, 0) is 11.2 Å². The highest BCUT2D eigenvalue weighted by Crippen LogP contribution is 2.28. The van der Waals surface area contributed by atoms with Gasteiger partial charge in [-0.25, -0.2) is 0 Å². The molecule has 28 heavy (non-hydrogen) atoms. The number of carbonyl (C=O) groups excluding carboxylic acids is 1. The van der Waals surface area contributed by atoms with Gasteiger partial charge < -0.3 is 10.1 Å². The van der Waals surface area contributed by atoms with Crippen LogP contribution in [0, 0.1) is 0 Å². The number of benzene rings is 3. The van der Waals surface area contributed by atoms with Crippen LogP contribution < -0.4 is 10.1 Å². The molecule has 0 fully saturated rings. The quantitative estimate of drug-likeness (QED) is 0.541. The minimum atomic E-state index is -0.617. The number of hydrogen-bond donors (Lipinski definition) is 2. The van der Waals surface area contributed by atoms with Gasteiger partial charge in [0.15, 0.2) is 5.82 Å². The van der Waals surface area contributed by atoms with Crippen LogP contribution in [0.2, 0.25) is 0 Å². The molecule has 2 N–H and O–H groups in total. The Morgan fingerprint density at radius 2 is 1.86 bits per heavy atom. The summed E-state index contributed by atoms with van der Waals surface area (Å²) in [6.07, 6.45) is 0.389. The molecule has 0 saturated heterocycles. The Bertz CT molecular complexity index is 1090. The summed E-state index contributed by atoms with van der Waals surface area (Å²) in [5.74, 6) is 0.232. The van der Waals surface area contributed by atoms with E-state index in [1.54, 1.807) is 7.11 Å². The summed E-state index contributed by atoms with van der Waals surface area (Å²) in [5.41, 5.74) is 1.64. The Morgan fingerprint density at radius 3 is 2.68 bits per heavy atom. The van der Waals surface area contributed by atoms with Crippen molar-refractivity contribution < 1.29 is 9.53 Å². The molecule has 1 heterocycles. The second-order valence-electron chi connectivity index (χ2n) is 6.35. The number of para-hydroxylation sites is 1. The van der Waals surface area contributed by atoms with E-state index in [0.717, 1.165) is 22.0 Å². The highest BCUT2D eigenvalue weighted by molar-refractivity contribution is 6.04. The third-order valence-corrected chi connectivity index (χ3v) is 4.65. The highest BCUT2D eigenvalue weighted by atomic mass is 16.5. The summed E-state index contributed by atoms with van der Waals surface area (Å²) in [6.45, 7) is 0. The smallest absolute Gasteiger partial charge is 0.235 e. The number of aromatic nitrogens is 4. The number of hydrogen-bond acceptors (Lipinski definition) is 5. The third-order valence-electron chi connectivity index (χ3n) is 4.65. The molecule has 7 heteroatoms. The molecule has 0 aliphatic rings. The summed E-state index contributed by atoms with van der Waals surface area (Å²) in [6, 6.07) is 21.3. The van der Waals surface area contributed by atoms with Crippen molar-refractivity contribution in [3.05, 3.63) is 78.1 Å². The lowest BCUT2D eigenvalue weighted by Gasteiger charge is -2.16. The van der Waals surface area contributed by atoms with Gasteiger partial charge in [-0.1, -0.05) is 59.8 Å². The van der Waals surface area contributed by atoms with E-state index >= 15 is 0 Å². The van der Waals surface area contributed by atoms with Crippen molar-refractivity contribution in [2.24, 2.45) is 0 Å². The molecule has 0 aliphatic heterocycles. The zero-order valence-corrected chi connectivity index (χ0v) is 15.3. The van der Waals surface area contributed by atoms with Crippen LogP contribution in [0.1, 0.15) is 17.3 Å². The van der Waals surface area contributed by atoms with Gasteiger partial charge in [-0.05, 0) is 29.5 Å². The van der Waals surface area contributed by atoms with Crippen LogP contribution >= 0.6 is 0 Å². The van der Waals surface area contributed by atoms with Gasteiger partial charge in [0.1, 0.15) is 11.7 Å². The SMILES string of the molecule is COc1ccccc1CC(C(=O)Nc1cccc2ccccc12)c1nn[nH]n1. The van der Waals surface area contributed by atoms with Crippen molar-refractivity contribution in [1.82, 2.24) is 20.6 Å². The topological polar surface area (TPSA) is 92.8 Å². The minimum Gasteiger partial charge on any atom is -0.496 e. The Morgan fingerprint density at radius 1 is 1.07 bits per heavy atom. The molecule has 1 unspecified atom stereocenters. The molecule has 7 nitrogen and oxygen atoms in total. The summed E-state index contributed by atoms with van der Waals surface area (Å²) < 4.78 is 5.42. The highest BCUT2D eigenvalue weighted by Gasteiger charge is 2.27. The standard InChI is InChI=1S/C21H19N5O2/c1-28-19-12-5-3-8-15(19)13-17(20-23-25-26-24-20)21(27)22-18-11-6-9-14-7-2-4-10-16(14)18/h2-12,17H,13H2,1H3,(H,22,27)(H,23,24,25,26). The Labute approximate surface area is 161 Å². The van der Waals surface area contributed by atoms with Gasteiger partial charge in [-0.15, -0.1) is 10.2 Å². The fourth-order valence-corrected chi connectivity index (χ4v) is 3.26. The fourth-order valence-electron chi connectivity index (χ4n) is 3.26. The van der Waals surface area contributed by atoms with Gasteiger partial charge in [0.2, 0.25) is 5.91 Å². The zero-order chi connectivity index (χ0) is 19.3. The van der Waals surface area contributed by atoms with Crippen LogP contribution in [0.4, 0.5) is 5.69 Å². The molecule has 3 aromatic carbocycles. The first-order chi connectivity index (χ1) is 13.8. The second-order valence-corrected chi connectivity index (χ2v) is 6.35. The maximum absolute atomic E-state index is 13.2. The van der Waals surface area contributed by atoms with Gasteiger partial charge in [-0.3, -0.25) is 4.79 Å². The van der Waals surface area contributed by atoms with Crippen molar-refractivity contribution in [3.8, 4) is 5.75 Å². The van der Waals surface area contributed by atoms with Crippen molar-refractivity contribution in [2.75, 3.05) is 12.4 Å². The fraction of sp³-hybridized carbons (Fsp3) is 0.143. The number of methoxy groups -OCH3 is 1. The van der Waals surface area contributed by atoms with Crippen LogP contribution in [0.15, 0.2) is 66.7 Å². The average Bonchev–Trinajstić information content (AvgIpc) is 3.27. The van der Waals surface area contributed by atoms with E-state index < -0.39 is 5.92 Å². The second kappa shape index (κ2) is 7.87. The monoisotopic (exact) mass is 373 g/mol. The summed E-state index contributed by atoms with van der Waals surface area (Å²) in [7, 11) is 1.61. The number of aromatic amines is 1. The van der Waals surface area contributed by atoms with Crippen LogP contribution in [-0.4, -0.2) is 33.6 Å². The maximum atomic E-state index is 13.2. The molecular weight excluding hydrogens is 354 g/mol. The van der Waals surface area contributed by atoms with E-state index in [9.17, 15) is 4.79 Å². The van der Waals surface area contributed by atoms with E-state index in [2.05, 4.69) is 25.9 Å². The molecule has 0 bridgehead atoms. The van der Waals surface area contributed by atoms with Gasteiger partial charge in [0.25, 0.3) is 0 Å². The van der Waals surface area contributed by atoms with E-state index in [1.165, 1.54) is 0 Å². The molecule has 0 spiro atoms. The number of amides is 1. The van der Waals surface area contributed by atoms with Gasteiger partial charge in [-0.2, -0.15) is 5.21 Å². The van der Waals surface area contributed by atoms with Gasteiger partial charge in [0, 0.05) is 11.1 Å². The summed E-state index contributed by atoms with van der Waals surface area (Å²) in [4.78, 5) is 13.2. The number of anilines is 1. The predicted octanol–water partition coefficient (Wildman–Crippen LogP) is 3.33. The predicted molar refractivity (Wildman–Crippen MR) is 106 cm³/mol. The molecule has 1 amide bonds. The molecule has 1 atom stereocenters. The van der Waals surface area contributed by atoms with Crippen molar-refractivity contribution >= 4 is 22.4 Å². The third kappa shape index (κ3) is 3.55. The van der Waals surface area contributed by atoms with Gasteiger partial charge in [0.05, 0.1) is 7.11 Å². The number of ether oxygens (including phenoxy) is 1. The van der Waals surface area contributed by atoms with Crippen LogP contribution in [0.3, 0.4) is 0 Å². The normalized spacial score (nSPS) is 11.9. The van der Waals surface area contributed by atoms with Crippen molar-refractivity contribution in [2.45, 2.75) is 12.3 Å². The number of H-pyrrole nitrogens is 1. The summed E-state index contributed by atoms with van der Waals surface area (Å²) >= 11 is 0. The molecule has 0 radical (unpaired) electrons. The largest absolute Gasteiger partial charge is 0.496 e. The molecule has 4 aromatic rings. The number of tetrazole rings is 1. The number of rotatable bonds is 6. The average molecular weight is 373 g/mol. The number of nitrogens with one attached hydrogen (secondary N) is 2. The summed E-state index contributed by atoms with van der Waals surface area (Å²) in [5, 5.41) is 19.2. The minimum absolute atomic E-state index is 0.205. The molecule has 0 aliphatic carbocycles. The van der Waals surface area contributed by atoms with Crippen molar-refractivity contribution in [3.63, 3.8) is 0 Å². The molecule has 4 rings (SSSR count). The van der Waals surface area contributed by atoms with E-state index in [-0.39, 0.29) is 5.91 Å². The molecule has 140 valence electrons. The lowest BCUT2D eigenvalue weighted by molar-refractivity contribution is -0.117. The zero-order valence-electron chi connectivity index (χ0n) is 15.3. The maximum Gasteiger partial charge on any atom is 0.235 e. The van der Waals surface area contributed by atoms with Crippen LogP contribution in [0.25, 0.3) is 10.8 Å². The Hall–Kier alpha value is -3.74. The number of fused-ring (bicyclic) bond motifs is 1. The van der Waals surface area contributed by atoms with E-state index in [0.29, 0.717) is 18.0 Å². The first-order valence-electron chi connectivity index (χ1n) is 8.90. The Kier molecular flexibility index (Phi) is 4.97.